The van der Waals surface area contributed by atoms with Crippen LogP contribution in [0.25, 0.3) is 10.8 Å². The Morgan fingerprint density at radius 2 is 1.79 bits per heavy atom. The Morgan fingerprint density at radius 3 is 2.50 bits per heavy atom. The molecule has 1 heterocycles. The fourth-order valence-electron chi connectivity index (χ4n) is 4.82. The van der Waals surface area contributed by atoms with E-state index in [1.807, 2.05) is 36.4 Å². The fraction of sp³-hybridized carbons (Fsp3) is 0.433. The molecule has 0 aromatic heterocycles. The van der Waals surface area contributed by atoms with Gasteiger partial charge in [0, 0.05) is 25.9 Å². The summed E-state index contributed by atoms with van der Waals surface area (Å²) in [7, 11) is -1.22. The van der Waals surface area contributed by atoms with Crippen LogP contribution in [0.5, 0.6) is 11.5 Å². The average Bonchev–Trinajstić information content (AvgIpc) is 2.90. The highest BCUT2D eigenvalue weighted by Gasteiger charge is 2.33. The molecule has 1 fully saturated rings. The molecule has 1 aliphatic heterocycles. The maximum Gasteiger partial charge on any atom is 0.407 e. The van der Waals surface area contributed by atoms with E-state index >= 15 is 0 Å². The summed E-state index contributed by atoms with van der Waals surface area (Å²) in [6.07, 6.45) is -0.531. The van der Waals surface area contributed by atoms with Crippen LogP contribution in [0, 0.1) is 0 Å². The number of hydrogen-bond acceptors (Lipinski definition) is 5. The smallest absolute Gasteiger partial charge is 0.407 e. The van der Waals surface area contributed by atoms with Crippen molar-refractivity contribution in [3.05, 3.63) is 71.8 Å². The lowest BCUT2D eigenvalue weighted by molar-refractivity contribution is -0.0199. The van der Waals surface area contributed by atoms with Gasteiger partial charge in [0.1, 0.15) is 18.1 Å². The summed E-state index contributed by atoms with van der Waals surface area (Å²) in [6.45, 7) is 9.08. The molecule has 8 heteroatoms. The lowest BCUT2D eigenvalue weighted by atomic mass is 9.87. The zero-order chi connectivity index (χ0) is 27.1. The van der Waals surface area contributed by atoms with Crippen LogP contribution in [0.3, 0.4) is 0 Å². The number of ether oxygens (including phenoxy) is 3. The van der Waals surface area contributed by atoms with E-state index in [0.717, 1.165) is 33.7 Å². The zero-order valence-electron chi connectivity index (χ0n) is 22.6. The molecule has 3 aromatic rings. The van der Waals surface area contributed by atoms with E-state index in [0.29, 0.717) is 38.5 Å². The number of piperidine rings is 1. The number of nitrogens with zero attached hydrogens (tertiary/aromatic N) is 1. The Kier molecular flexibility index (Phi) is 9.30. The van der Waals surface area contributed by atoms with Gasteiger partial charge in [0.2, 0.25) is 0 Å². The molecule has 1 saturated heterocycles. The number of hydrogen-bond donors (Lipinski definition) is 2. The summed E-state index contributed by atoms with van der Waals surface area (Å²) in [4.78, 5) is 13.2. The lowest BCUT2D eigenvalue weighted by Gasteiger charge is -2.37. The summed E-state index contributed by atoms with van der Waals surface area (Å²) in [5.74, 6) is 1.62. The molecule has 2 unspecified atom stereocenters. The highest BCUT2D eigenvalue weighted by molar-refractivity contribution is 6.76. The summed E-state index contributed by atoms with van der Waals surface area (Å²) < 4.78 is 18.2. The van der Waals surface area contributed by atoms with Crippen LogP contribution < -0.4 is 9.47 Å². The molecule has 7 nitrogen and oxygen atoms in total. The molecular formula is C30H39NO6Si. The van der Waals surface area contributed by atoms with Crippen molar-refractivity contribution in [2.75, 3.05) is 32.9 Å². The molecule has 4 rings (SSSR count). The second-order valence-corrected chi connectivity index (χ2v) is 16.7. The van der Waals surface area contributed by atoms with Crippen LogP contribution in [0.1, 0.15) is 23.5 Å². The summed E-state index contributed by atoms with van der Waals surface area (Å²) in [6, 6.07) is 21.3. The number of aliphatic hydroxyl groups excluding tert-OH is 1. The third-order valence-electron chi connectivity index (χ3n) is 6.96. The Bertz CT molecular complexity index is 1210. The van der Waals surface area contributed by atoms with Crippen LogP contribution in [-0.4, -0.2) is 68.3 Å². The molecule has 1 amide bonds. The average molecular weight is 538 g/mol. The van der Waals surface area contributed by atoms with Gasteiger partial charge in [-0.3, -0.25) is 0 Å². The maximum atomic E-state index is 11.7. The Morgan fingerprint density at radius 1 is 1.03 bits per heavy atom. The Balaban J connectivity index is 1.52. The molecule has 2 atom stereocenters. The molecule has 1 aliphatic rings. The fourth-order valence-corrected chi connectivity index (χ4v) is 5.54. The molecule has 3 aromatic carbocycles. The molecular weight excluding hydrogens is 498 g/mol. The molecule has 0 aliphatic carbocycles. The second-order valence-electron chi connectivity index (χ2n) is 11.1. The van der Waals surface area contributed by atoms with Gasteiger partial charge in [0.15, 0.2) is 0 Å². The predicted molar refractivity (Wildman–Crippen MR) is 152 cm³/mol. The van der Waals surface area contributed by atoms with Gasteiger partial charge in [0.05, 0.1) is 32.5 Å². The van der Waals surface area contributed by atoms with Crippen molar-refractivity contribution < 1.29 is 29.2 Å². The van der Waals surface area contributed by atoms with Crippen molar-refractivity contribution in [3.8, 4) is 11.5 Å². The number of carboxylic acid groups (broad SMARTS) is 1. The first kappa shape index (κ1) is 27.9. The predicted octanol–water partition coefficient (Wildman–Crippen LogP) is 5.98. The van der Waals surface area contributed by atoms with Crippen LogP contribution in [0.4, 0.5) is 4.79 Å². The van der Waals surface area contributed by atoms with Crippen LogP contribution in [0.2, 0.25) is 25.7 Å². The molecule has 0 saturated carbocycles. The van der Waals surface area contributed by atoms with Crippen molar-refractivity contribution in [2.24, 2.45) is 0 Å². The van der Waals surface area contributed by atoms with Crippen molar-refractivity contribution in [2.45, 2.75) is 50.7 Å². The normalized spacial score (nSPS) is 17.9. The standard InChI is InChI=1S/C30H39NO6Si/c1-38(2,3)17-16-36-28-19-22(18-24-6-4-5-7-26(24)28)21-37-29-20-31(30(33)34)13-12-27(29)23-8-10-25(11-9-23)35-15-14-32/h4-11,18-19,27,29,32H,12-17,20-21H2,1-3H3,(H,33,34). The Labute approximate surface area is 226 Å². The van der Waals surface area contributed by atoms with Gasteiger partial charge in [-0.2, -0.15) is 0 Å². The van der Waals surface area contributed by atoms with E-state index in [2.05, 4.69) is 43.9 Å². The molecule has 0 spiro atoms. The minimum Gasteiger partial charge on any atom is -0.493 e. The highest BCUT2D eigenvalue weighted by atomic mass is 28.3. The molecule has 2 N–H and O–H groups in total. The van der Waals surface area contributed by atoms with Crippen LogP contribution in [-0.2, 0) is 11.3 Å². The first-order valence-electron chi connectivity index (χ1n) is 13.3. The van der Waals surface area contributed by atoms with Crippen molar-refractivity contribution in [3.63, 3.8) is 0 Å². The molecule has 0 bridgehead atoms. The number of benzene rings is 3. The van der Waals surface area contributed by atoms with E-state index in [-0.39, 0.29) is 25.2 Å². The first-order valence-corrected chi connectivity index (χ1v) is 17.0. The highest BCUT2D eigenvalue weighted by Crippen LogP contribution is 2.34. The maximum absolute atomic E-state index is 11.7. The number of likely N-dealkylation sites (tertiary alicyclic amines) is 1. The number of rotatable bonds is 11. The van der Waals surface area contributed by atoms with Gasteiger partial charge < -0.3 is 29.3 Å². The Hall–Kier alpha value is -3.07. The minimum atomic E-state index is -1.22. The largest absolute Gasteiger partial charge is 0.493 e. The van der Waals surface area contributed by atoms with Crippen LogP contribution in [0.15, 0.2) is 60.7 Å². The molecule has 38 heavy (non-hydrogen) atoms. The molecule has 0 radical (unpaired) electrons. The van der Waals surface area contributed by atoms with Crippen molar-refractivity contribution >= 4 is 24.9 Å². The number of carbonyl (C=O) groups is 1. The minimum absolute atomic E-state index is 0.0365. The summed E-state index contributed by atoms with van der Waals surface area (Å²) in [5.41, 5.74) is 2.09. The third kappa shape index (κ3) is 7.49. The van der Waals surface area contributed by atoms with Gasteiger partial charge in [-0.25, -0.2) is 4.79 Å². The topological polar surface area (TPSA) is 88.5 Å². The van der Waals surface area contributed by atoms with Gasteiger partial charge in [-0.15, -0.1) is 0 Å². The van der Waals surface area contributed by atoms with E-state index in [1.54, 1.807) is 0 Å². The van der Waals surface area contributed by atoms with Gasteiger partial charge in [0.25, 0.3) is 0 Å². The summed E-state index contributed by atoms with van der Waals surface area (Å²) >= 11 is 0. The zero-order valence-corrected chi connectivity index (χ0v) is 23.6. The quantitative estimate of drug-likeness (QED) is 0.293. The van der Waals surface area contributed by atoms with Crippen molar-refractivity contribution in [1.82, 2.24) is 4.90 Å². The summed E-state index contributed by atoms with van der Waals surface area (Å²) in [5, 5.41) is 20.8. The number of aliphatic hydroxyl groups is 1. The third-order valence-corrected chi connectivity index (χ3v) is 8.66. The monoisotopic (exact) mass is 537 g/mol. The van der Waals surface area contributed by atoms with Crippen molar-refractivity contribution in [1.29, 1.82) is 0 Å². The van der Waals surface area contributed by atoms with E-state index in [1.165, 1.54) is 4.90 Å². The van der Waals surface area contributed by atoms with E-state index in [4.69, 9.17) is 19.3 Å². The second kappa shape index (κ2) is 12.6. The van der Waals surface area contributed by atoms with E-state index in [9.17, 15) is 9.90 Å². The van der Waals surface area contributed by atoms with Crippen LogP contribution >= 0.6 is 0 Å². The number of amides is 1. The van der Waals surface area contributed by atoms with E-state index < -0.39 is 14.2 Å². The molecule has 204 valence electrons. The van der Waals surface area contributed by atoms with Gasteiger partial charge in [-0.05, 0) is 53.2 Å². The van der Waals surface area contributed by atoms with Gasteiger partial charge >= 0.3 is 6.09 Å². The number of fused-ring (bicyclic) bond motifs is 1. The first-order chi connectivity index (χ1) is 18.2. The van der Waals surface area contributed by atoms with Gasteiger partial charge in [-0.1, -0.05) is 56.0 Å². The SMILES string of the molecule is C[Si](C)(C)CCOc1cc(COC2CN(C(=O)O)CCC2c2ccc(OCCO)cc2)cc2ccccc12. The lowest BCUT2D eigenvalue weighted by Crippen LogP contribution is -2.46.